The van der Waals surface area contributed by atoms with Crippen LogP contribution in [-0.2, 0) is 9.53 Å². The predicted octanol–water partition coefficient (Wildman–Crippen LogP) is 2.70. The highest BCUT2D eigenvalue weighted by Crippen LogP contribution is 2.26. The molecule has 2 fully saturated rings. The summed E-state index contributed by atoms with van der Waals surface area (Å²) in [5.74, 6) is 1.30. The summed E-state index contributed by atoms with van der Waals surface area (Å²) in [5.41, 5.74) is 0. The molecule has 2 rings (SSSR count). The number of urea groups is 1. The Hall–Kier alpha value is -0.100. The Morgan fingerprint density at radius 3 is 2.59 bits per heavy atom. The molecule has 1 aliphatic heterocycles. The average Bonchev–Trinajstić information content (AvgIpc) is 2.76. The van der Waals surface area contributed by atoms with Crippen molar-refractivity contribution in [3.05, 3.63) is 0 Å². The van der Waals surface area contributed by atoms with Crippen molar-refractivity contribution in [2.75, 3.05) is 49.6 Å². The van der Waals surface area contributed by atoms with E-state index in [1.165, 1.54) is 43.9 Å². The van der Waals surface area contributed by atoms with Crippen molar-refractivity contribution in [1.82, 2.24) is 15.1 Å². The Morgan fingerprint density at radius 2 is 1.93 bits per heavy atom. The summed E-state index contributed by atoms with van der Waals surface area (Å²) in [7, 11) is 0. The van der Waals surface area contributed by atoms with Crippen molar-refractivity contribution in [2.24, 2.45) is 5.92 Å². The molecule has 2 atom stereocenters. The molecule has 168 valence electrons. The van der Waals surface area contributed by atoms with Crippen LogP contribution < -0.4 is 5.32 Å². The van der Waals surface area contributed by atoms with Gasteiger partial charge in [-0.2, -0.15) is 0 Å². The zero-order valence-electron chi connectivity index (χ0n) is 17.5. The van der Waals surface area contributed by atoms with Gasteiger partial charge in [-0.25, -0.2) is 4.79 Å². The first-order valence-electron chi connectivity index (χ1n) is 10.8. The Bertz CT molecular complexity index is 502. The minimum absolute atomic E-state index is 0.148. The fourth-order valence-corrected chi connectivity index (χ4v) is 5.23. The van der Waals surface area contributed by atoms with Crippen molar-refractivity contribution in [3.63, 3.8) is 0 Å². The number of thioether (sulfide) groups is 1. The van der Waals surface area contributed by atoms with Crippen LogP contribution in [0.15, 0.2) is 0 Å². The van der Waals surface area contributed by atoms with Crippen molar-refractivity contribution in [2.45, 2.75) is 57.7 Å². The lowest BCUT2D eigenvalue weighted by atomic mass is 9.87. The average molecular weight is 541 g/mol. The van der Waals surface area contributed by atoms with Crippen LogP contribution in [0.3, 0.4) is 0 Å². The normalized spacial score (nSPS) is 20.8. The minimum Gasteiger partial charge on any atom is -0.379 e. The number of hydrogen-bond acceptors (Lipinski definition) is 6. The second-order valence-corrected chi connectivity index (χ2v) is 9.85. The lowest BCUT2D eigenvalue weighted by Gasteiger charge is -2.35. The first kappa shape index (κ1) is 25.2. The molecule has 0 bridgehead atoms. The number of carbonyl (C=O) groups is 2. The number of aliphatic hydroxyl groups is 1. The van der Waals surface area contributed by atoms with Gasteiger partial charge in [-0.3, -0.25) is 9.69 Å². The predicted molar refractivity (Wildman–Crippen MR) is 126 cm³/mol. The summed E-state index contributed by atoms with van der Waals surface area (Å²) in [6, 6.07) is -0.524. The number of hydrogen-bond donors (Lipinski definition) is 2. The number of rotatable bonds is 10. The molecule has 1 unspecified atom stereocenters. The highest BCUT2D eigenvalue weighted by molar-refractivity contribution is 14.1. The molecule has 0 radical (unpaired) electrons. The molecule has 29 heavy (non-hydrogen) atoms. The fourth-order valence-electron chi connectivity index (χ4n) is 3.96. The summed E-state index contributed by atoms with van der Waals surface area (Å²) in [5, 5.41) is 13.7. The van der Waals surface area contributed by atoms with Gasteiger partial charge in [-0.1, -0.05) is 66.5 Å². The molecule has 1 saturated carbocycles. The highest BCUT2D eigenvalue weighted by atomic mass is 127. The van der Waals surface area contributed by atoms with Crippen molar-refractivity contribution >= 4 is 45.5 Å². The Labute approximate surface area is 192 Å². The molecule has 1 aliphatic carbocycles. The van der Waals surface area contributed by atoms with Crippen LogP contribution in [0.2, 0.25) is 0 Å². The lowest BCUT2D eigenvalue weighted by Crippen LogP contribution is -2.56. The number of aliphatic hydroxyl groups excluding tert-OH is 1. The van der Waals surface area contributed by atoms with E-state index in [1.807, 2.05) is 16.7 Å². The second-order valence-electron chi connectivity index (χ2n) is 7.93. The highest BCUT2D eigenvalue weighted by Gasteiger charge is 2.27. The molecule has 2 N–H and O–H groups in total. The van der Waals surface area contributed by atoms with E-state index in [1.54, 1.807) is 0 Å². The zero-order valence-corrected chi connectivity index (χ0v) is 20.5. The van der Waals surface area contributed by atoms with E-state index in [2.05, 4.69) is 27.9 Å². The van der Waals surface area contributed by atoms with Crippen LogP contribution in [0.5, 0.6) is 0 Å². The third-order valence-electron chi connectivity index (χ3n) is 5.77. The first-order chi connectivity index (χ1) is 14.0. The summed E-state index contributed by atoms with van der Waals surface area (Å²) < 4.78 is 5.82. The van der Waals surface area contributed by atoms with E-state index in [0.29, 0.717) is 55.5 Å². The van der Waals surface area contributed by atoms with E-state index in [9.17, 15) is 14.7 Å². The SMILES string of the molecule is C[C@H](NC(=O)N(CCSC(=O)CI)CCC1CCCCC1)C(O)N1CCOCC1. The first-order valence-corrected chi connectivity index (χ1v) is 13.3. The number of amides is 2. The third-order valence-corrected chi connectivity index (χ3v) is 7.83. The topological polar surface area (TPSA) is 82.1 Å². The van der Waals surface area contributed by atoms with Crippen LogP contribution in [0, 0.1) is 5.92 Å². The van der Waals surface area contributed by atoms with Crippen molar-refractivity contribution < 1.29 is 19.4 Å². The third kappa shape index (κ3) is 9.28. The molecular weight excluding hydrogens is 505 g/mol. The van der Waals surface area contributed by atoms with E-state index in [4.69, 9.17) is 4.74 Å². The van der Waals surface area contributed by atoms with E-state index in [0.717, 1.165) is 6.42 Å². The standard InChI is InChI=1S/C20H36IN3O4S/c1-16(19(26)23-9-12-28-13-10-23)22-20(27)24(11-14-29-18(25)15-21)8-7-17-5-3-2-4-6-17/h16-17,19,26H,2-15H2,1H3,(H,22,27)/t16-,19?/m0/s1. The summed E-state index contributed by atoms with van der Waals surface area (Å²) in [6.45, 7) is 5.64. The summed E-state index contributed by atoms with van der Waals surface area (Å²) in [4.78, 5) is 28.3. The summed E-state index contributed by atoms with van der Waals surface area (Å²) >= 11 is 3.36. The largest absolute Gasteiger partial charge is 0.379 e. The number of carbonyl (C=O) groups excluding carboxylic acids is 2. The van der Waals surface area contributed by atoms with E-state index < -0.39 is 6.23 Å². The van der Waals surface area contributed by atoms with Crippen LogP contribution in [-0.4, -0.2) is 87.9 Å². The molecule has 1 heterocycles. The number of alkyl halides is 1. The maximum Gasteiger partial charge on any atom is 0.317 e. The molecule has 0 aromatic rings. The molecule has 2 amide bonds. The molecule has 0 aromatic carbocycles. The van der Waals surface area contributed by atoms with E-state index in [-0.39, 0.29) is 17.2 Å². The van der Waals surface area contributed by atoms with Crippen LogP contribution >= 0.6 is 34.4 Å². The van der Waals surface area contributed by atoms with Gasteiger partial charge >= 0.3 is 6.03 Å². The Kier molecular flexibility index (Phi) is 12.2. The van der Waals surface area contributed by atoms with Crippen LogP contribution in [0.1, 0.15) is 45.4 Å². The minimum atomic E-state index is -0.724. The van der Waals surface area contributed by atoms with Gasteiger partial charge in [0.05, 0.1) is 23.7 Å². The zero-order chi connectivity index (χ0) is 21.1. The van der Waals surface area contributed by atoms with Gasteiger partial charge < -0.3 is 20.1 Å². The van der Waals surface area contributed by atoms with Gasteiger partial charge in [0, 0.05) is 31.9 Å². The molecular formula is C20H36IN3O4S. The molecule has 0 aromatic heterocycles. The van der Waals surface area contributed by atoms with Crippen LogP contribution in [0.4, 0.5) is 4.79 Å². The van der Waals surface area contributed by atoms with Gasteiger partial charge in [0.2, 0.25) is 0 Å². The molecule has 2 aliphatic rings. The smallest absolute Gasteiger partial charge is 0.317 e. The van der Waals surface area contributed by atoms with Gasteiger partial charge in [-0.15, -0.1) is 0 Å². The fraction of sp³-hybridized carbons (Fsp3) is 0.900. The second kappa shape index (κ2) is 14.1. The van der Waals surface area contributed by atoms with Crippen LogP contribution in [0.25, 0.3) is 0 Å². The molecule has 0 spiro atoms. The molecule has 9 heteroatoms. The number of ether oxygens (including phenoxy) is 1. The quantitative estimate of drug-likeness (QED) is 0.327. The van der Waals surface area contributed by atoms with Gasteiger partial charge in [0.25, 0.3) is 0 Å². The Morgan fingerprint density at radius 1 is 1.24 bits per heavy atom. The molecule has 1 saturated heterocycles. The monoisotopic (exact) mass is 541 g/mol. The number of nitrogens with one attached hydrogen (secondary N) is 1. The summed E-state index contributed by atoms with van der Waals surface area (Å²) in [6.07, 6.45) is 6.70. The van der Waals surface area contributed by atoms with Gasteiger partial charge in [0.1, 0.15) is 6.23 Å². The Balaban J connectivity index is 1.85. The van der Waals surface area contributed by atoms with Crippen molar-refractivity contribution in [1.29, 1.82) is 0 Å². The number of morpholine rings is 1. The number of nitrogens with zero attached hydrogens (tertiary/aromatic N) is 2. The lowest BCUT2D eigenvalue weighted by molar-refractivity contribution is -0.108. The van der Waals surface area contributed by atoms with Crippen molar-refractivity contribution in [3.8, 4) is 0 Å². The van der Waals surface area contributed by atoms with E-state index >= 15 is 0 Å². The van der Waals surface area contributed by atoms with Gasteiger partial charge in [-0.05, 0) is 19.3 Å². The maximum absolute atomic E-state index is 12.9. The molecule has 7 nitrogen and oxygen atoms in total. The van der Waals surface area contributed by atoms with Gasteiger partial charge in [0.15, 0.2) is 5.12 Å². The maximum atomic E-state index is 12.9. The number of halogens is 1.